The zero-order valence-electron chi connectivity index (χ0n) is 9.95. The van der Waals surface area contributed by atoms with Gasteiger partial charge in [-0.15, -0.1) is 0 Å². The highest BCUT2D eigenvalue weighted by atomic mass is 127. The molecule has 0 bridgehead atoms. The molecular weight excluding hydrogens is 375 g/mol. The molecule has 98 valence electrons. The first-order chi connectivity index (χ1) is 9.15. The van der Waals surface area contributed by atoms with Gasteiger partial charge in [0, 0.05) is 21.3 Å². The van der Waals surface area contributed by atoms with Crippen molar-refractivity contribution in [1.82, 2.24) is 10.3 Å². The van der Waals surface area contributed by atoms with Crippen LogP contribution in [0.1, 0.15) is 5.56 Å². The van der Waals surface area contributed by atoms with Crippen molar-refractivity contribution < 1.29 is 0 Å². The second kappa shape index (κ2) is 6.72. The van der Waals surface area contributed by atoms with Crippen molar-refractivity contribution in [3.8, 4) is 0 Å². The van der Waals surface area contributed by atoms with Gasteiger partial charge in [0.25, 0.3) is 0 Å². The minimum Gasteiger partial charge on any atom is -0.352 e. The number of nitrogens with zero attached hydrogens (tertiary/aromatic N) is 1. The average molecular weight is 387 g/mol. The van der Waals surface area contributed by atoms with E-state index in [0.29, 0.717) is 17.4 Å². The standard InChI is InChI=1S/C13H12ClIN4/c14-11-4-2-1-3-9(11)7-18-13(16)19-12-6-5-10(15)8-17-12/h1-6,8H,7H2,(H3,16,17,18,19). The van der Waals surface area contributed by atoms with E-state index in [1.807, 2.05) is 36.4 Å². The number of pyridine rings is 1. The minimum atomic E-state index is 0.189. The van der Waals surface area contributed by atoms with Gasteiger partial charge in [0.2, 0.25) is 0 Å². The first-order valence-corrected chi connectivity index (χ1v) is 7.05. The number of hydrogen-bond donors (Lipinski definition) is 3. The molecule has 0 unspecified atom stereocenters. The van der Waals surface area contributed by atoms with Crippen LogP contribution < -0.4 is 10.6 Å². The lowest BCUT2D eigenvalue weighted by molar-refractivity contribution is 0.903. The Morgan fingerprint density at radius 3 is 2.74 bits per heavy atom. The Morgan fingerprint density at radius 2 is 2.05 bits per heavy atom. The van der Waals surface area contributed by atoms with E-state index in [1.165, 1.54) is 0 Å². The van der Waals surface area contributed by atoms with E-state index < -0.39 is 0 Å². The highest BCUT2D eigenvalue weighted by molar-refractivity contribution is 14.1. The van der Waals surface area contributed by atoms with Gasteiger partial charge in [-0.2, -0.15) is 0 Å². The fourth-order valence-electron chi connectivity index (χ4n) is 1.45. The summed E-state index contributed by atoms with van der Waals surface area (Å²) in [4.78, 5) is 4.17. The molecule has 3 N–H and O–H groups in total. The summed E-state index contributed by atoms with van der Waals surface area (Å²) in [5, 5.41) is 14.3. The number of benzene rings is 1. The maximum Gasteiger partial charge on any atom is 0.194 e. The number of hydrogen-bond acceptors (Lipinski definition) is 2. The maximum atomic E-state index is 7.79. The van der Waals surface area contributed by atoms with Gasteiger partial charge in [-0.1, -0.05) is 29.8 Å². The highest BCUT2D eigenvalue weighted by Crippen LogP contribution is 2.14. The van der Waals surface area contributed by atoms with E-state index >= 15 is 0 Å². The van der Waals surface area contributed by atoms with Gasteiger partial charge in [-0.05, 0) is 46.4 Å². The van der Waals surface area contributed by atoms with E-state index in [-0.39, 0.29) is 5.96 Å². The molecule has 19 heavy (non-hydrogen) atoms. The molecule has 0 saturated carbocycles. The smallest absolute Gasteiger partial charge is 0.194 e. The van der Waals surface area contributed by atoms with Crippen molar-refractivity contribution in [1.29, 1.82) is 5.41 Å². The van der Waals surface area contributed by atoms with Crippen LogP contribution in [0, 0.1) is 8.98 Å². The fourth-order valence-corrected chi connectivity index (χ4v) is 1.97. The summed E-state index contributed by atoms with van der Waals surface area (Å²) >= 11 is 8.23. The highest BCUT2D eigenvalue weighted by Gasteiger charge is 2.01. The zero-order chi connectivity index (χ0) is 13.7. The van der Waals surface area contributed by atoms with Crippen molar-refractivity contribution in [2.75, 3.05) is 5.32 Å². The van der Waals surface area contributed by atoms with Crippen molar-refractivity contribution >= 4 is 46.0 Å². The average Bonchev–Trinajstić information content (AvgIpc) is 2.40. The van der Waals surface area contributed by atoms with Crippen molar-refractivity contribution in [3.05, 3.63) is 56.8 Å². The predicted molar refractivity (Wildman–Crippen MR) is 86.6 cm³/mol. The number of guanidine groups is 1. The van der Waals surface area contributed by atoms with Gasteiger partial charge in [-0.3, -0.25) is 5.41 Å². The number of aromatic nitrogens is 1. The number of nitrogens with one attached hydrogen (secondary N) is 3. The summed E-state index contributed by atoms with van der Waals surface area (Å²) in [6.07, 6.45) is 1.74. The topological polar surface area (TPSA) is 60.8 Å². The molecule has 4 nitrogen and oxygen atoms in total. The molecule has 0 radical (unpaired) electrons. The SMILES string of the molecule is N=C(NCc1ccccc1Cl)Nc1ccc(I)cn1. The van der Waals surface area contributed by atoms with Gasteiger partial charge in [0.15, 0.2) is 5.96 Å². The summed E-state index contributed by atoms with van der Waals surface area (Å²) in [6, 6.07) is 11.3. The molecule has 1 aromatic carbocycles. The molecule has 0 atom stereocenters. The Hall–Kier alpha value is -1.34. The second-order valence-corrected chi connectivity index (χ2v) is 5.46. The molecule has 2 aromatic rings. The third kappa shape index (κ3) is 4.36. The Balaban J connectivity index is 1.88. The van der Waals surface area contributed by atoms with Crippen LogP contribution in [0.3, 0.4) is 0 Å². The summed E-state index contributed by atoms with van der Waals surface area (Å²) in [7, 11) is 0. The van der Waals surface area contributed by atoms with Crippen molar-refractivity contribution in [2.24, 2.45) is 0 Å². The molecular formula is C13H12ClIN4. The minimum absolute atomic E-state index is 0.189. The number of anilines is 1. The monoisotopic (exact) mass is 386 g/mol. The van der Waals surface area contributed by atoms with Crippen LogP contribution in [0.15, 0.2) is 42.6 Å². The first kappa shape index (κ1) is 14.1. The lowest BCUT2D eigenvalue weighted by atomic mass is 10.2. The van der Waals surface area contributed by atoms with Gasteiger partial charge in [0.05, 0.1) is 0 Å². The second-order valence-electron chi connectivity index (χ2n) is 3.81. The fraction of sp³-hybridized carbons (Fsp3) is 0.0769. The normalized spacial score (nSPS) is 10.0. The van der Waals surface area contributed by atoms with Crippen LogP contribution in [0.4, 0.5) is 5.82 Å². The molecule has 0 amide bonds. The lowest BCUT2D eigenvalue weighted by Crippen LogP contribution is -2.29. The predicted octanol–water partition coefficient (Wildman–Crippen LogP) is 3.48. The van der Waals surface area contributed by atoms with Crippen molar-refractivity contribution in [3.63, 3.8) is 0 Å². The van der Waals surface area contributed by atoms with Crippen LogP contribution in [0.5, 0.6) is 0 Å². The van der Waals surface area contributed by atoms with Gasteiger partial charge in [-0.25, -0.2) is 4.98 Å². The maximum absolute atomic E-state index is 7.79. The summed E-state index contributed by atoms with van der Waals surface area (Å²) < 4.78 is 1.05. The molecule has 6 heteroatoms. The Morgan fingerprint density at radius 1 is 1.26 bits per heavy atom. The van der Waals surface area contributed by atoms with Crippen LogP contribution in [-0.4, -0.2) is 10.9 Å². The van der Waals surface area contributed by atoms with Gasteiger partial charge in [0.1, 0.15) is 5.82 Å². The summed E-state index contributed by atoms with van der Waals surface area (Å²) in [6.45, 7) is 0.496. The third-order valence-corrected chi connectivity index (χ3v) is 3.40. The zero-order valence-corrected chi connectivity index (χ0v) is 12.9. The molecule has 0 aliphatic carbocycles. The third-order valence-electron chi connectivity index (χ3n) is 2.39. The van der Waals surface area contributed by atoms with Gasteiger partial charge < -0.3 is 10.6 Å². The summed E-state index contributed by atoms with van der Waals surface area (Å²) in [5.41, 5.74) is 0.950. The van der Waals surface area contributed by atoms with E-state index in [4.69, 9.17) is 17.0 Å². The Kier molecular flexibility index (Phi) is 4.98. The van der Waals surface area contributed by atoms with E-state index in [9.17, 15) is 0 Å². The molecule has 0 saturated heterocycles. The van der Waals surface area contributed by atoms with E-state index in [2.05, 4.69) is 38.2 Å². The molecule has 0 fully saturated rings. The number of rotatable bonds is 3. The first-order valence-electron chi connectivity index (χ1n) is 5.59. The molecule has 0 aliphatic heterocycles. The van der Waals surface area contributed by atoms with Crippen LogP contribution in [0.25, 0.3) is 0 Å². The molecule has 2 rings (SSSR count). The Bertz CT molecular complexity index is 571. The van der Waals surface area contributed by atoms with E-state index in [1.54, 1.807) is 6.20 Å². The number of halogens is 2. The molecule has 1 aromatic heterocycles. The Labute approximate surface area is 130 Å². The van der Waals surface area contributed by atoms with Gasteiger partial charge >= 0.3 is 0 Å². The van der Waals surface area contributed by atoms with Crippen LogP contribution in [-0.2, 0) is 6.54 Å². The van der Waals surface area contributed by atoms with Crippen LogP contribution >= 0.6 is 34.2 Å². The quantitative estimate of drug-likeness (QED) is 0.430. The molecule has 1 heterocycles. The molecule has 0 aliphatic rings. The van der Waals surface area contributed by atoms with Crippen molar-refractivity contribution in [2.45, 2.75) is 6.54 Å². The largest absolute Gasteiger partial charge is 0.352 e. The lowest BCUT2D eigenvalue weighted by Gasteiger charge is -2.10. The molecule has 0 spiro atoms. The van der Waals surface area contributed by atoms with E-state index in [0.717, 1.165) is 9.13 Å². The van der Waals surface area contributed by atoms with Crippen LogP contribution in [0.2, 0.25) is 5.02 Å². The summed E-state index contributed by atoms with van der Waals surface area (Å²) in [5.74, 6) is 0.825.